The molecule has 0 aliphatic carbocycles. The van der Waals surface area contributed by atoms with Crippen molar-refractivity contribution in [1.82, 2.24) is 14.8 Å². The molecule has 140 valence electrons. The van der Waals surface area contributed by atoms with Crippen molar-refractivity contribution in [2.45, 2.75) is 13.2 Å². The number of ether oxygens (including phenoxy) is 2. The first kappa shape index (κ1) is 18.9. The monoisotopic (exact) mass is 386 g/mol. The standard InChI is InChI=1S/C19H19ClN4O3/c1-26-18-10-15(9-17(20)23-18)19(25)22-16-11-21-24(12-16)7-8-27-13-14-5-3-2-4-6-14/h2-6,9-12H,7-8,13H2,1H3,(H,22,25). The average molecular weight is 387 g/mol. The molecule has 0 atom stereocenters. The minimum absolute atomic E-state index is 0.186. The summed E-state index contributed by atoms with van der Waals surface area (Å²) in [6.45, 7) is 1.65. The predicted octanol–water partition coefficient (Wildman–Crippen LogP) is 3.41. The number of amides is 1. The van der Waals surface area contributed by atoms with E-state index in [4.69, 9.17) is 21.1 Å². The fraction of sp³-hybridized carbons (Fsp3) is 0.211. The molecule has 0 saturated heterocycles. The van der Waals surface area contributed by atoms with Crippen molar-refractivity contribution in [3.05, 3.63) is 71.1 Å². The zero-order chi connectivity index (χ0) is 19.1. The first-order valence-electron chi connectivity index (χ1n) is 8.31. The minimum atomic E-state index is -0.322. The molecule has 1 N–H and O–H groups in total. The van der Waals surface area contributed by atoms with Gasteiger partial charge in [-0.05, 0) is 11.6 Å². The van der Waals surface area contributed by atoms with E-state index in [0.717, 1.165) is 5.56 Å². The lowest BCUT2D eigenvalue weighted by Crippen LogP contribution is -2.12. The number of nitrogens with one attached hydrogen (secondary N) is 1. The summed E-state index contributed by atoms with van der Waals surface area (Å²) in [5, 5.41) is 7.17. The van der Waals surface area contributed by atoms with Gasteiger partial charge < -0.3 is 14.8 Å². The Bertz CT molecular complexity index is 899. The van der Waals surface area contributed by atoms with Crippen LogP contribution in [-0.4, -0.2) is 34.4 Å². The first-order valence-corrected chi connectivity index (χ1v) is 8.69. The number of carbonyl (C=O) groups is 1. The van der Waals surface area contributed by atoms with Gasteiger partial charge in [0.2, 0.25) is 5.88 Å². The van der Waals surface area contributed by atoms with Crippen molar-refractivity contribution in [3.8, 4) is 5.88 Å². The molecule has 2 aromatic heterocycles. The summed E-state index contributed by atoms with van der Waals surface area (Å²) in [4.78, 5) is 16.3. The molecule has 8 heteroatoms. The summed E-state index contributed by atoms with van der Waals surface area (Å²) in [6.07, 6.45) is 3.32. The Morgan fingerprint density at radius 2 is 2.07 bits per heavy atom. The van der Waals surface area contributed by atoms with E-state index >= 15 is 0 Å². The normalized spacial score (nSPS) is 10.6. The number of methoxy groups -OCH3 is 1. The number of hydrogen-bond donors (Lipinski definition) is 1. The van der Waals surface area contributed by atoms with Gasteiger partial charge in [-0.1, -0.05) is 41.9 Å². The Morgan fingerprint density at radius 1 is 1.26 bits per heavy atom. The topological polar surface area (TPSA) is 78.3 Å². The second-order valence-electron chi connectivity index (χ2n) is 5.71. The Balaban J connectivity index is 1.50. The molecule has 7 nitrogen and oxygen atoms in total. The minimum Gasteiger partial charge on any atom is -0.481 e. The van der Waals surface area contributed by atoms with E-state index < -0.39 is 0 Å². The highest BCUT2D eigenvalue weighted by molar-refractivity contribution is 6.30. The summed E-state index contributed by atoms with van der Waals surface area (Å²) in [7, 11) is 1.46. The first-order chi connectivity index (χ1) is 13.1. The molecule has 0 radical (unpaired) electrons. The number of carbonyl (C=O) groups excluding carboxylic acids is 1. The zero-order valence-corrected chi connectivity index (χ0v) is 15.5. The van der Waals surface area contributed by atoms with Crippen LogP contribution in [0, 0.1) is 0 Å². The van der Waals surface area contributed by atoms with E-state index in [-0.39, 0.29) is 16.9 Å². The lowest BCUT2D eigenvalue weighted by Gasteiger charge is -2.06. The number of rotatable bonds is 8. The summed E-state index contributed by atoms with van der Waals surface area (Å²) in [5.41, 5.74) is 2.05. The Hall–Kier alpha value is -2.90. The molecule has 0 bridgehead atoms. The fourth-order valence-corrected chi connectivity index (χ4v) is 2.59. The Labute approximate surface area is 161 Å². The molecular weight excluding hydrogens is 368 g/mol. The Kier molecular flexibility index (Phi) is 6.40. The van der Waals surface area contributed by atoms with Gasteiger partial charge in [0.25, 0.3) is 5.91 Å². The van der Waals surface area contributed by atoms with Crippen molar-refractivity contribution in [1.29, 1.82) is 0 Å². The molecule has 0 fully saturated rings. The third-order valence-corrected chi connectivity index (χ3v) is 3.90. The number of pyridine rings is 1. The highest BCUT2D eigenvalue weighted by atomic mass is 35.5. The van der Waals surface area contributed by atoms with Crippen molar-refractivity contribution in [2.75, 3.05) is 19.0 Å². The van der Waals surface area contributed by atoms with Gasteiger partial charge >= 0.3 is 0 Å². The quantitative estimate of drug-likeness (QED) is 0.474. The SMILES string of the molecule is COc1cc(C(=O)Nc2cnn(CCOCc3ccccc3)c2)cc(Cl)n1. The summed E-state index contributed by atoms with van der Waals surface area (Å²) in [5.74, 6) is -0.0450. The second kappa shape index (κ2) is 9.16. The van der Waals surface area contributed by atoms with Gasteiger partial charge in [-0.2, -0.15) is 5.10 Å². The van der Waals surface area contributed by atoms with E-state index in [1.54, 1.807) is 17.1 Å². The number of halogens is 1. The number of nitrogens with zero attached hydrogens (tertiary/aromatic N) is 3. The van der Waals surface area contributed by atoms with Gasteiger partial charge in [-0.3, -0.25) is 9.48 Å². The fourth-order valence-electron chi connectivity index (χ4n) is 2.38. The van der Waals surface area contributed by atoms with Crippen LogP contribution in [0.3, 0.4) is 0 Å². The molecular formula is C19H19ClN4O3. The molecule has 0 aliphatic rings. The van der Waals surface area contributed by atoms with Crippen LogP contribution in [0.1, 0.15) is 15.9 Å². The van der Waals surface area contributed by atoms with Crippen LogP contribution in [0.5, 0.6) is 5.88 Å². The molecule has 1 aromatic carbocycles. The number of benzene rings is 1. The van der Waals surface area contributed by atoms with Gasteiger partial charge in [0.1, 0.15) is 5.15 Å². The molecule has 1 amide bonds. The molecule has 27 heavy (non-hydrogen) atoms. The number of hydrogen-bond acceptors (Lipinski definition) is 5. The largest absolute Gasteiger partial charge is 0.481 e. The maximum absolute atomic E-state index is 12.3. The molecule has 3 rings (SSSR count). The van der Waals surface area contributed by atoms with Crippen molar-refractivity contribution in [3.63, 3.8) is 0 Å². The van der Waals surface area contributed by atoms with E-state index in [1.807, 2.05) is 30.3 Å². The second-order valence-corrected chi connectivity index (χ2v) is 6.09. The van der Waals surface area contributed by atoms with Crippen molar-refractivity contribution >= 4 is 23.2 Å². The molecule has 0 saturated carbocycles. The maximum atomic E-state index is 12.3. The number of aromatic nitrogens is 3. The lowest BCUT2D eigenvalue weighted by molar-refractivity contribution is 0.102. The Morgan fingerprint density at radius 3 is 2.85 bits per heavy atom. The molecule has 0 spiro atoms. The van der Waals surface area contributed by atoms with Gasteiger partial charge in [-0.25, -0.2) is 4.98 Å². The van der Waals surface area contributed by atoms with E-state index in [0.29, 0.717) is 31.0 Å². The third kappa shape index (κ3) is 5.54. The van der Waals surface area contributed by atoms with Gasteiger partial charge in [0, 0.05) is 17.8 Å². The predicted molar refractivity (Wildman–Crippen MR) is 102 cm³/mol. The molecule has 0 unspecified atom stereocenters. The van der Waals surface area contributed by atoms with Crippen molar-refractivity contribution in [2.24, 2.45) is 0 Å². The lowest BCUT2D eigenvalue weighted by atomic mass is 10.2. The third-order valence-electron chi connectivity index (χ3n) is 3.71. The van der Waals surface area contributed by atoms with E-state index in [1.165, 1.54) is 19.2 Å². The highest BCUT2D eigenvalue weighted by Crippen LogP contribution is 2.17. The molecule has 3 aromatic rings. The van der Waals surface area contributed by atoms with Gasteiger partial charge in [0.15, 0.2) is 0 Å². The van der Waals surface area contributed by atoms with Crippen LogP contribution in [0.4, 0.5) is 5.69 Å². The highest BCUT2D eigenvalue weighted by Gasteiger charge is 2.11. The molecule has 2 heterocycles. The maximum Gasteiger partial charge on any atom is 0.256 e. The van der Waals surface area contributed by atoms with E-state index in [9.17, 15) is 4.79 Å². The number of anilines is 1. The zero-order valence-electron chi connectivity index (χ0n) is 14.8. The van der Waals surface area contributed by atoms with Crippen LogP contribution < -0.4 is 10.1 Å². The van der Waals surface area contributed by atoms with Crippen LogP contribution in [0.25, 0.3) is 0 Å². The summed E-state index contributed by atoms with van der Waals surface area (Å²) >= 11 is 5.89. The van der Waals surface area contributed by atoms with Crippen LogP contribution in [0.15, 0.2) is 54.9 Å². The van der Waals surface area contributed by atoms with Crippen LogP contribution >= 0.6 is 11.6 Å². The van der Waals surface area contributed by atoms with Crippen LogP contribution in [0.2, 0.25) is 5.15 Å². The van der Waals surface area contributed by atoms with Crippen molar-refractivity contribution < 1.29 is 14.3 Å². The van der Waals surface area contributed by atoms with Gasteiger partial charge in [-0.15, -0.1) is 0 Å². The smallest absolute Gasteiger partial charge is 0.256 e. The molecule has 0 aliphatic heterocycles. The average Bonchev–Trinajstić information content (AvgIpc) is 3.12. The summed E-state index contributed by atoms with van der Waals surface area (Å²) in [6, 6.07) is 13.0. The summed E-state index contributed by atoms with van der Waals surface area (Å²) < 4.78 is 12.4. The van der Waals surface area contributed by atoms with Crippen LogP contribution in [-0.2, 0) is 17.9 Å². The van der Waals surface area contributed by atoms with E-state index in [2.05, 4.69) is 15.4 Å². The van der Waals surface area contributed by atoms with Gasteiger partial charge in [0.05, 0.1) is 38.8 Å².